The quantitative estimate of drug-likeness (QED) is 0.769. The summed E-state index contributed by atoms with van der Waals surface area (Å²) in [4.78, 5) is 12.6. The van der Waals surface area contributed by atoms with Gasteiger partial charge in [-0.05, 0) is 5.92 Å². The molecule has 0 bridgehead atoms. The van der Waals surface area contributed by atoms with Crippen molar-refractivity contribution in [1.29, 1.82) is 0 Å². The van der Waals surface area contributed by atoms with Crippen molar-refractivity contribution >= 4 is 27.5 Å². The highest BCUT2D eigenvalue weighted by atomic mass is 79.9. The zero-order chi connectivity index (χ0) is 12.6. The van der Waals surface area contributed by atoms with Crippen LogP contribution >= 0.6 is 15.9 Å². The zero-order valence-corrected chi connectivity index (χ0v) is 10.3. The van der Waals surface area contributed by atoms with Gasteiger partial charge in [0.15, 0.2) is 11.6 Å². The molecular weight excluding hydrogens is 299 g/mol. The van der Waals surface area contributed by atoms with E-state index in [4.69, 9.17) is 0 Å². The lowest BCUT2D eigenvalue weighted by Gasteiger charge is -2.17. The van der Waals surface area contributed by atoms with Crippen molar-refractivity contribution < 1.29 is 18.0 Å². The summed E-state index contributed by atoms with van der Waals surface area (Å²) in [5, 5.41) is 0.583. The number of hydrogen-bond acceptors (Lipinski definition) is 1. The number of hydrogen-bond donors (Lipinski definition) is 0. The topological polar surface area (TPSA) is 20.3 Å². The molecular formula is C11H9BrF3NO. The second kappa shape index (κ2) is 4.68. The molecule has 92 valence electrons. The average molecular weight is 308 g/mol. The Kier molecular flexibility index (Phi) is 3.42. The van der Waals surface area contributed by atoms with Crippen LogP contribution in [0.1, 0.15) is 6.42 Å². The van der Waals surface area contributed by atoms with E-state index in [9.17, 15) is 18.0 Å². The molecule has 1 amide bonds. The highest BCUT2D eigenvalue weighted by Crippen LogP contribution is 2.31. The molecule has 2 rings (SSSR count). The predicted octanol–water partition coefficient (Wildman–Crippen LogP) is 2.85. The van der Waals surface area contributed by atoms with E-state index >= 15 is 0 Å². The van der Waals surface area contributed by atoms with Gasteiger partial charge in [0.25, 0.3) is 0 Å². The van der Waals surface area contributed by atoms with Gasteiger partial charge >= 0.3 is 0 Å². The van der Waals surface area contributed by atoms with Gasteiger partial charge in [-0.15, -0.1) is 0 Å². The molecule has 0 N–H and O–H groups in total. The number of rotatable bonds is 2. The Morgan fingerprint density at radius 2 is 1.88 bits per heavy atom. The number of anilines is 1. The Hall–Kier alpha value is -1.04. The smallest absolute Gasteiger partial charge is 0.227 e. The maximum absolute atomic E-state index is 13.5. The van der Waals surface area contributed by atoms with E-state index in [1.54, 1.807) is 0 Å². The first-order chi connectivity index (χ1) is 8.02. The van der Waals surface area contributed by atoms with Gasteiger partial charge in [0.05, 0.1) is 0 Å². The maximum atomic E-state index is 13.5. The van der Waals surface area contributed by atoms with E-state index in [1.807, 2.05) is 0 Å². The van der Waals surface area contributed by atoms with E-state index in [-0.39, 0.29) is 24.8 Å². The Bertz CT molecular complexity index is 443. The molecule has 1 saturated heterocycles. The lowest BCUT2D eigenvalue weighted by Crippen LogP contribution is -2.27. The number of carbonyl (C=O) groups excluding carboxylic acids is 1. The minimum atomic E-state index is -1.05. The van der Waals surface area contributed by atoms with Gasteiger partial charge in [-0.1, -0.05) is 15.9 Å². The van der Waals surface area contributed by atoms with Gasteiger partial charge in [0.1, 0.15) is 11.5 Å². The standard InChI is InChI=1S/C11H9BrF3NO/c12-4-6-1-10(17)16(5-6)11-8(14)2-7(13)3-9(11)15/h2-3,6H,1,4-5H2. The van der Waals surface area contributed by atoms with Gasteiger partial charge in [0, 0.05) is 30.4 Å². The number of alkyl halides is 1. The van der Waals surface area contributed by atoms with Crippen molar-refractivity contribution in [2.45, 2.75) is 6.42 Å². The first-order valence-corrected chi connectivity index (χ1v) is 6.16. The van der Waals surface area contributed by atoms with Crippen LogP contribution in [0.15, 0.2) is 12.1 Å². The fourth-order valence-electron chi connectivity index (χ4n) is 1.89. The summed E-state index contributed by atoms with van der Waals surface area (Å²) in [6.45, 7) is 0.240. The van der Waals surface area contributed by atoms with Crippen LogP contribution < -0.4 is 4.90 Å². The van der Waals surface area contributed by atoms with Crippen molar-refractivity contribution in [3.63, 3.8) is 0 Å². The number of amides is 1. The maximum Gasteiger partial charge on any atom is 0.227 e. The van der Waals surface area contributed by atoms with Crippen molar-refractivity contribution in [3.05, 3.63) is 29.6 Å². The lowest BCUT2D eigenvalue weighted by atomic mass is 10.2. The van der Waals surface area contributed by atoms with Crippen LogP contribution in [-0.2, 0) is 4.79 Å². The molecule has 1 unspecified atom stereocenters. The molecule has 17 heavy (non-hydrogen) atoms. The molecule has 1 aliphatic rings. The van der Waals surface area contributed by atoms with Gasteiger partial charge < -0.3 is 4.90 Å². The number of halogens is 4. The molecule has 2 nitrogen and oxygen atoms in total. The molecule has 1 aromatic carbocycles. The molecule has 1 aromatic rings. The van der Waals surface area contributed by atoms with Gasteiger partial charge in [0.2, 0.25) is 5.91 Å². The third-order valence-corrected chi connectivity index (χ3v) is 3.59. The first-order valence-electron chi connectivity index (χ1n) is 5.03. The summed E-state index contributed by atoms with van der Waals surface area (Å²) in [6.07, 6.45) is 0.238. The molecule has 0 radical (unpaired) electrons. The van der Waals surface area contributed by atoms with Crippen molar-refractivity contribution in [3.8, 4) is 0 Å². The Labute approximate surface area is 105 Å². The SMILES string of the molecule is O=C1CC(CBr)CN1c1c(F)cc(F)cc1F. The Morgan fingerprint density at radius 1 is 1.29 bits per heavy atom. The van der Waals surface area contributed by atoms with Crippen LogP contribution in [0, 0.1) is 23.4 Å². The Balaban J connectivity index is 2.38. The summed E-state index contributed by atoms with van der Waals surface area (Å²) in [5.41, 5.74) is -0.458. The molecule has 0 aliphatic carbocycles. The largest absolute Gasteiger partial charge is 0.307 e. The number of benzene rings is 1. The molecule has 0 spiro atoms. The van der Waals surface area contributed by atoms with Crippen LogP contribution in [0.25, 0.3) is 0 Å². The minimum absolute atomic E-state index is 0.0198. The van der Waals surface area contributed by atoms with E-state index in [2.05, 4.69) is 15.9 Å². The third kappa shape index (κ3) is 2.31. The lowest BCUT2D eigenvalue weighted by molar-refractivity contribution is -0.117. The van der Waals surface area contributed by atoms with Crippen LogP contribution in [0.3, 0.4) is 0 Å². The first kappa shape index (κ1) is 12.4. The predicted molar refractivity (Wildman–Crippen MR) is 60.6 cm³/mol. The average Bonchev–Trinajstić information content (AvgIpc) is 2.59. The zero-order valence-electron chi connectivity index (χ0n) is 8.72. The summed E-state index contributed by atoms with van der Waals surface area (Å²) in [5.74, 6) is -3.42. The summed E-state index contributed by atoms with van der Waals surface area (Å²) < 4.78 is 39.7. The van der Waals surface area contributed by atoms with Gasteiger partial charge in [-0.3, -0.25) is 4.79 Å². The van der Waals surface area contributed by atoms with Crippen LogP contribution in [0.2, 0.25) is 0 Å². The second-order valence-corrected chi connectivity index (χ2v) is 4.59. The van der Waals surface area contributed by atoms with E-state index in [1.165, 1.54) is 0 Å². The monoisotopic (exact) mass is 307 g/mol. The van der Waals surface area contributed by atoms with E-state index in [0.717, 1.165) is 4.90 Å². The van der Waals surface area contributed by atoms with Crippen LogP contribution in [0.4, 0.5) is 18.9 Å². The van der Waals surface area contributed by atoms with Crippen molar-refractivity contribution in [2.75, 3.05) is 16.8 Å². The molecule has 1 fully saturated rings. The summed E-state index contributed by atoms with van der Waals surface area (Å²) in [7, 11) is 0. The van der Waals surface area contributed by atoms with E-state index in [0.29, 0.717) is 17.5 Å². The van der Waals surface area contributed by atoms with Crippen molar-refractivity contribution in [2.24, 2.45) is 5.92 Å². The highest BCUT2D eigenvalue weighted by Gasteiger charge is 2.33. The molecule has 0 aromatic heterocycles. The molecule has 6 heteroatoms. The molecule has 1 aliphatic heterocycles. The normalized spacial score (nSPS) is 20.1. The summed E-state index contributed by atoms with van der Waals surface area (Å²) >= 11 is 3.23. The number of nitrogens with zero attached hydrogens (tertiary/aromatic N) is 1. The van der Waals surface area contributed by atoms with E-state index < -0.39 is 23.1 Å². The fourth-order valence-corrected chi connectivity index (χ4v) is 2.33. The van der Waals surface area contributed by atoms with Gasteiger partial charge in [-0.25, -0.2) is 13.2 Å². The second-order valence-electron chi connectivity index (χ2n) is 3.95. The molecule has 0 saturated carbocycles. The molecule has 1 atom stereocenters. The van der Waals surface area contributed by atoms with Crippen LogP contribution in [-0.4, -0.2) is 17.8 Å². The summed E-state index contributed by atoms with van der Waals surface area (Å²) in [6, 6.07) is 1.15. The van der Waals surface area contributed by atoms with Crippen molar-refractivity contribution in [1.82, 2.24) is 0 Å². The number of carbonyl (C=O) groups is 1. The fraction of sp³-hybridized carbons (Fsp3) is 0.364. The molecule has 1 heterocycles. The van der Waals surface area contributed by atoms with Gasteiger partial charge in [-0.2, -0.15) is 0 Å². The highest BCUT2D eigenvalue weighted by molar-refractivity contribution is 9.09. The Morgan fingerprint density at radius 3 is 2.35 bits per heavy atom. The minimum Gasteiger partial charge on any atom is -0.307 e. The van der Waals surface area contributed by atoms with Crippen LogP contribution in [0.5, 0.6) is 0 Å². The third-order valence-electron chi connectivity index (χ3n) is 2.67.